The van der Waals surface area contributed by atoms with Crippen molar-refractivity contribution in [1.29, 1.82) is 0 Å². The topological polar surface area (TPSA) is 46.2 Å². The van der Waals surface area contributed by atoms with E-state index < -0.39 is 0 Å². The molecule has 0 amide bonds. The number of carbonyl (C=O) groups excluding carboxylic acids is 2. The Kier molecular flexibility index (Phi) is 6.49. The van der Waals surface area contributed by atoms with Crippen LogP contribution in [-0.2, 0) is 9.59 Å². The Morgan fingerprint density at radius 2 is 1.50 bits per heavy atom. The zero-order chi connectivity index (χ0) is 12.9. The van der Waals surface area contributed by atoms with Gasteiger partial charge in [-0.15, -0.1) is 0 Å². The quantitative estimate of drug-likeness (QED) is 0.725. The summed E-state index contributed by atoms with van der Waals surface area (Å²) in [4.78, 5) is 23.5. The molecule has 0 spiro atoms. The second-order valence-electron chi connectivity index (χ2n) is 5.17. The molecule has 0 unspecified atom stereocenters. The Balaban J connectivity index is 4.18. The molecular formula is C13H25NO2. The first-order chi connectivity index (χ1) is 7.25. The van der Waals surface area contributed by atoms with Crippen LogP contribution in [0.3, 0.4) is 0 Å². The summed E-state index contributed by atoms with van der Waals surface area (Å²) in [6.45, 7) is 11.5. The summed E-state index contributed by atoms with van der Waals surface area (Å²) in [5.74, 6) is 0.139. The van der Waals surface area contributed by atoms with E-state index in [1.54, 1.807) is 0 Å². The molecule has 0 aliphatic carbocycles. The predicted molar refractivity (Wildman–Crippen MR) is 66.4 cm³/mol. The molecule has 3 heteroatoms. The van der Waals surface area contributed by atoms with Gasteiger partial charge in [0, 0.05) is 24.3 Å². The van der Waals surface area contributed by atoms with E-state index in [4.69, 9.17) is 0 Å². The maximum absolute atomic E-state index is 11.8. The lowest BCUT2D eigenvalue weighted by molar-refractivity contribution is -0.130. The van der Waals surface area contributed by atoms with Crippen molar-refractivity contribution in [3.8, 4) is 0 Å². The molecule has 3 nitrogen and oxygen atoms in total. The first kappa shape index (κ1) is 15.3. The lowest BCUT2D eigenvalue weighted by atomic mass is 9.91. The molecule has 0 saturated carbocycles. The number of rotatable bonds is 7. The molecule has 0 rings (SSSR count). The molecule has 94 valence electrons. The second kappa shape index (κ2) is 6.79. The van der Waals surface area contributed by atoms with E-state index in [2.05, 4.69) is 5.32 Å². The summed E-state index contributed by atoms with van der Waals surface area (Å²) in [5, 5.41) is 3.16. The normalized spacial score (nSPS) is 15.2. The summed E-state index contributed by atoms with van der Waals surface area (Å²) in [7, 11) is 0. The van der Waals surface area contributed by atoms with Crippen LogP contribution in [0.4, 0.5) is 0 Å². The van der Waals surface area contributed by atoms with Crippen molar-refractivity contribution in [2.75, 3.05) is 0 Å². The van der Waals surface area contributed by atoms with Gasteiger partial charge in [-0.2, -0.15) is 0 Å². The third-order valence-corrected chi connectivity index (χ3v) is 2.63. The van der Waals surface area contributed by atoms with Crippen LogP contribution < -0.4 is 5.32 Å². The van der Waals surface area contributed by atoms with Crippen LogP contribution in [0, 0.1) is 11.8 Å². The molecule has 0 heterocycles. The van der Waals surface area contributed by atoms with Gasteiger partial charge in [0.1, 0.15) is 11.6 Å². The molecule has 1 N–H and O–H groups in total. The van der Waals surface area contributed by atoms with Gasteiger partial charge in [0.25, 0.3) is 0 Å². The molecule has 0 aromatic rings. The summed E-state index contributed by atoms with van der Waals surface area (Å²) in [5.41, 5.74) is 0. The fraction of sp³-hybridized carbons (Fsp3) is 0.846. The van der Waals surface area contributed by atoms with Gasteiger partial charge < -0.3 is 5.32 Å². The van der Waals surface area contributed by atoms with E-state index in [-0.39, 0.29) is 35.5 Å². The largest absolute Gasteiger partial charge is 0.305 e. The molecular weight excluding hydrogens is 202 g/mol. The molecule has 0 bridgehead atoms. The molecule has 0 aliphatic rings. The van der Waals surface area contributed by atoms with Crippen molar-refractivity contribution in [3.05, 3.63) is 0 Å². The van der Waals surface area contributed by atoms with Crippen LogP contribution in [0.1, 0.15) is 48.0 Å². The number of hydrogen-bond donors (Lipinski definition) is 1. The van der Waals surface area contributed by atoms with Gasteiger partial charge in [0.2, 0.25) is 0 Å². The number of hydrogen-bond acceptors (Lipinski definition) is 3. The predicted octanol–water partition coefficient (Wildman–Crippen LogP) is 2.19. The van der Waals surface area contributed by atoms with Gasteiger partial charge in [0.15, 0.2) is 0 Å². The molecule has 0 radical (unpaired) electrons. The van der Waals surface area contributed by atoms with Crippen LogP contribution >= 0.6 is 0 Å². The van der Waals surface area contributed by atoms with Crippen LogP contribution in [0.15, 0.2) is 0 Å². The average Bonchev–Trinajstić information content (AvgIpc) is 2.14. The van der Waals surface area contributed by atoms with Crippen molar-refractivity contribution < 1.29 is 9.59 Å². The summed E-state index contributed by atoms with van der Waals surface area (Å²) in [6, 6.07) is 0.123. The molecule has 0 saturated heterocycles. The smallest absolute Gasteiger partial charge is 0.150 e. The highest BCUT2D eigenvalue weighted by Gasteiger charge is 2.22. The van der Waals surface area contributed by atoms with Crippen LogP contribution in [0.5, 0.6) is 0 Å². The minimum atomic E-state index is -0.164. The fourth-order valence-electron chi connectivity index (χ4n) is 1.74. The maximum Gasteiger partial charge on any atom is 0.150 e. The van der Waals surface area contributed by atoms with Crippen molar-refractivity contribution in [2.45, 2.75) is 60.0 Å². The van der Waals surface area contributed by atoms with E-state index in [0.717, 1.165) is 0 Å². The minimum Gasteiger partial charge on any atom is -0.305 e. The van der Waals surface area contributed by atoms with Crippen LogP contribution in [0.25, 0.3) is 0 Å². The van der Waals surface area contributed by atoms with Gasteiger partial charge in [-0.05, 0) is 6.92 Å². The third-order valence-electron chi connectivity index (χ3n) is 2.63. The molecule has 0 aromatic heterocycles. The van der Waals surface area contributed by atoms with Crippen LogP contribution in [0.2, 0.25) is 0 Å². The molecule has 0 aromatic carbocycles. The van der Waals surface area contributed by atoms with E-state index in [0.29, 0.717) is 6.42 Å². The molecule has 16 heavy (non-hydrogen) atoms. The highest BCUT2D eigenvalue weighted by Crippen LogP contribution is 2.12. The number of nitrogens with one attached hydrogen (secondary N) is 1. The lowest BCUT2D eigenvalue weighted by Gasteiger charge is -2.18. The van der Waals surface area contributed by atoms with Gasteiger partial charge in [-0.3, -0.25) is 9.59 Å². The van der Waals surface area contributed by atoms with E-state index in [9.17, 15) is 9.59 Å². The van der Waals surface area contributed by atoms with E-state index in [1.165, 1.54) is 0 Å². The maximum atomic E-state index is 11.8. The number of Topliss-reactive ketones (excluding diaryl/α,β-unsaturated/α-hetero) is 2. The van der Waals surface area contributed by atoms with Crippen molar-refractivity contribution in [1.82, 2.24) is 5.32 Å². The van der Waals surface area contributed by atoms with Crippen LogP contribution in [-0.4, -0.2) is 23.7 Å². The average molecular weight is 227 g/mol. The highest BCUT2D eigenvalue weighted by molar-refractivity contribution is 5.90. The monoisotopic (exact) mass is 227 g/mol. The standard InChI is InChI=1S/C13H25NO2/c1-8(2)13(16)10(5)7-12(15)11(6)14-9(3)4/h8-11,14H,7H2,1-6H3/t10-,11+/m1/s1. The Hall–Kier alpha value is -0.700. The zero-order valence-corrected chi connectivity index (χ0v) is 11.3. The Morgan fingerprint density at radius 3 is 1.88 bits per heavy atom. The molecule has 0 aliphatic heterocycles. The Bertz CT molecular complexity index is 246. The Labute approximate surface area is 99.0 Å². The van der Waals surface area contributed by atoms with Gasteiger partial charge in [0.05, 0.1) is 6.04 Å². The van der Waals surface area contributed by atoms with Crippen molar-refractivity contribution in [3.63, 3.8) is 0 Å². The number of carbonyl (C=O) groups is 2. The highest BCUT2D eigenvalue weighted by atomic mass is 16.1. The van der Waals surface area contributed by atoms with Gasteiger partial charge >= 0.3 is 0 Å². The van der Waals surface area contributed by atoms with Crippen molar-refractivity contribution >= 4 is 11.6 Å². The first-order valence-corrected chi connectivity index (χ1v) is 6.08. The summed E-state index contributed by atoms with van der Waals surface area (Å²) >= 11 is 0. The SMILES string of the molecule is CC(C)N[C@@H](C)C(=O)C[C@@H](C)C(=O)C(C)C. The number of ketones is 2. The Morgan fingerprint density at radius 1 is 1.00 bits per heavy atom. The summed E-state index contributed by atoms with van der Waals surface area (Å²) in [6.07, 6.45) is 0.345. The molecule has 0 fully saturated rings. The first-order valence-electron chi connectivity index (χ1n) is 6.08. The van der Waals surface area contributed by atoms with E-state index in [1.807, 2.05) is 41.5 Å². The lowest BCUT2D eigenvalue weighted by Crippen LogP contribution is -2.39. The zero-order valence-electron chi connectivity index (χ0n) is 11.3. The molecule has 2 atom stereocenters. The van der Waals surface area contributed by atoms with Crippen molar-refractivity contribution in [2.24, 2.45) is 11.8 Å². The van der Waals surface area contributed by atoms with Gasteiger partial charge in [-0.25, -0.2) is 0 Å². The summed E-state index contributed by atoms with van der Waals surface area (Å²) < 4.78 is 0. The van der Waals surface area contributed by atoms with E-state index >= 15 is 0 Å². The second-order valence-corrected chi connectivity index (χ2v) is 5.17. The third kappa shape index (κ3) is 5.40. The fourth-order valence-corrected chi connectivity index (χ4v) is 1.74. The minimum absolute atomic E-state index is 0.0103. The van der Waals surface area contributed by atoms with Gasteiger partial charge in [-0.1, -0.05) is 34.6 Å².